The quantitative estimate of drug-likeness (QED) is 0.772. The second-order valence-corrected chi connectivity index (χ2v) is 6.38. The third-order valence-electron chi connectivity index (χ3n) is 3.65. The Morgan fingerprint density at radius 3 is 2.88 bits per heavy atom. The van der Waals surface area contributed by atoms with E-state index in [1.54, 1.807) is 0 Å². The zero-order valence-corrected chi connectivity index (χ0v) is 10.5. The van der Waals surface area contributed by atoms with E-state index in [1.807, 2.05) is 0 Å². The van der Waals surface area contributed by atoms with Crippen LogP contribution in [0.25, 0.3) is 0 Å². The number of thioether (sulfide) groups is 1. The molecule has 0 saturated carbocycles. The number of rotatable bonds is 2. The number of hydrogen-bond acceptors (Lipinski definition) is 2. The molecule has 2 unspecified atom stereocenters. The van der Waals surface area contributed by atoms with Crippen molar-refractivity contribution in [1.82, 2.24) is 4.90 Å². The molecule has 2 aliphatic rings. The maximum absolute atomic E-state index is 2.70. The molecule has 2 heteroatoms. The van der Waals surface area contributed by atoms with E-state index in [2.05, 4.69) is 47.0 Å². The van der Waals surface area contributed by atoms with Crippen LogP contribution in [0.5, 0.6) is 0 Å². The SMILES string of the molecule is c1ccc(CC2CN3CCCCC3S2)cc1. The molecular formula is C14H19NS. The molecule has 0 aromatic heterocycles. The largest absolute Gasteiger partial charge is 0.290 e. The first-order valence-electron chi connectivity index (χ1n) is 6.35. The summed E-state index contributed by atoms with van der Waals surface area (Å²) in [4.78, 5) is 2.70. The molecule has 3 rings (SSSR count). The van der Waals surface area contributed by atoms with E-state index in [-0.39, 0.29) is 0 Å². The molecule has 0 radical (unpaired) electrons. The van der Waals surface area contributed by atoms with Crippen molar-refractivity contribution >= 4 is 11.8 Å². The van der Waals surface area contributed by atoms with Crippen LogP contribution < -0.4 is 0 Å². The van der Waals surface area contributed by atoms with Crippen LogP contribution in [-0.4, -0.2) is 28.6 Å². The van der Waals surface area contributed by atoms with Crippen LogP contribution in [0.1, 0.15) is 24.8 Å². The van der Waals surface area contributed by atoms with Gasteiger partial charge < -0.3 is 0 Å². The van der Waals surface area contributed by atoms with Gasteiger partial charge in [0.2, 0.25) is 0 Å². The standard InChI is InChI=1S/C14H19NS/c1-2-6-12(7-3-1)10-13-11-15-9-5-4-8-14(15)16-13/h1-3,6-7,13-14H,4-5,8-11H2. The predicted molar refractivity (Wildman–Crippen MR) is 70.7 cm³/mol. The highest BCUT2D eigenvalue weighted by molar-refractivity contribution is 8.00. The van der Waals surface area contributed by atoms with Gasteiger partial charge in [-0.15, -0.1) is 11.8 Å². The maximum Gasteiger partial charge on any atom is 0.0560 e. The van der Waals surface area contributed by atoms with E-state index in [1.165, 1.54) is 44.3 Å². The summed E-state index contributed by atoms with van der Waals surface area (Å²) in [6.45, 7) is 2.65. The lowest BCUT2D eigenvalue weighted by Gasteiger charge is -2.27. The van der Waals surface area contributed by atoms with Gasteiger partial charge in [0.05, 0.1) is 5.37 Å². The third-order valence-corrected chi connectivity index (χ3v) is 5.20. The molecule has 1 aromatic carbocycles. The summed E-state index contributed by atoms with van der Waals surface area (Å²) in [6, 6.07) is 10.9. The van der Waals surface area contributed by atoms with Gasteiger partial charge in [-0.2, -0.15) is 0 Å². The smallest absolute Gasteiger partial charge is 0.0560 e. The van der Waals surface area contributed by atoms with Crippen molar-refractivity contribution in [3.63, 3.8) is 0 Å². The fraction of sp³-hybridized carbons (Fsp3) is 0.571. The normalized spacial score (nSPS) is 30.2. The molecule has 2 fully saturated rings. The van der Waals surface area contributed by atoms with Crippen molar-refractivity contribution in [3.05, 3.63) is 35.9 Å². The molecule has 1 aromatic rings. The summed E-state index contributed by atoms with van der Waals surface area (Å²) in [5, 5.41) is 1.66. The van der Waals surface area contributed by atoms with Crippen molar-refractivity contribution in [2.45, 2.75) is 36.3 Å². The Hall–Kier alpha value is -0.470. The third kappa shape index (κ3) is 2.28. The fourth-order valence-corrected chi connectivity index (χ4v) is 4.52. The molecule has 16 heavy (non-hydrogen) atoms. The first-order chi connectivity index (χ1) is 7.92. The molecule has 0 bridgehead atoms. The minimum atomic E-state index is 0.825. The summed E-state index contributed by atoms with van der Waals surface area (Å²) >= 11 is 2.22. The highest BCUT2D eigenvalue weighted by Crippen LogP contribution is 2.37. The molecular weight excluding hydrogens is 214 g/mol. The molecule has 2 atom stereocenters. The monoisotopic (exact) mass is 233 g/mol. The molecule has 0 N–H and O–H groups in total. The first-order valence-corrected chi connectivity index (χ1v) is 7.29. The van der Waals surface area contributed by atoms with Gasteiger partial charge in [0.25, 0.3) is 0 Å². The molecule has 0 amide bonds. The molecule has 2 saturated heterocycles. The zero-order chi connectivity index (χ0) is 10.8. The Morgan fingerprint density at radius 1 is 1.19 bits per heavy atom. The van der Waals surface area contributed by atoms with E-state index in [0.717, 1.165) is 10.6 Å². The lowest BCUT2D eigenvalue weighted by atomic mass is 10.1. The van der Waals surface area contributed by atoms with Crippen LogP contribution in [-0.2, 0) is 6.42 Å². The van der Waals surface area contributed by atoms with E-state index >= 15 is 0 Å². The molecule has 0 spiro atoms. The van der Waals surface area contributed by atoms with Crippen molar-refractivity contribution in [2.24, 2.45) is 0 Å². The average molecular weight is 233 g/mol. The number of piperidine rings is 1. The van der Waals surface area contributed by atoms with Gasteiger partial charge in [-0.05, 0) is 37.8 Å². The van der Waals surface area contributed by atoms with E-state index in [4.69, 9.17) is 0 Å². The van der Waals surface area contributed by atoms with E-state index < -0.39 is 0 Å². The average Bonchev–Trinajstić information content (AvgIpc) is 2.72. The van der Waals surface area contributed by atoms with Crippen molar-refractivity contribution in [3.8, 4) is 0 Å². The van der Waals surface area contributed by atoms with Crippen LogP contribution in [0.3, 0.4) is 0 Å². The molecule has 2 aliphatic heterocycles. The highest BCUT2D eigenvalue weighted by atomic mass is 32.2. The van der Waals surface area contributed by atoms with Gasteiger partial charge in [0.1, 0.15) is 0 Å². The maximum atomic E-state index is 2.70. The Morgan fingerprint density at radius 2 is 2.06 bits per heavy atom. The minimum absolute atomic E-state index is 0.825. The van der Waals surface area contributed by atoms with Gasteiger partial charge in [-0.25, -0.2) is 0 Å². The fourth-order valence-electron chi connectivity index (χ4n) is 2.84. The summed E-state index contributed by atoms with van der Waals surface area (Å²) < 4.78 is 0. The van der Waals surface area contributed by atoms with Gasteiger partial charge in [0.15, 0.2) is 0 Å². The highest BCUT2D eigenvalue weighted by Gasteiger charge is 2.33. The van der Waals surface area contributed by atoms with Crippen molar-refractivity contribution in [2.75, 3.05) is 13.1 Å². The molecule has 86 valence electrons. The number of benzene rings is 1. The summed E-state index contributed by atoms with van der Waals surface area (Å²) in [7, 11) is 0. The predicted octanol–water partition coefficient (Wildman–Crippen LogP) is 3.16. The summed E-state index contributed by atoms with van der Waals surface area (Å²) in [5.74, 6) is 0. The van der Waals surface area contributed by atoms with Crippen LogP contribution in [0, 0.1) is 0 Å². The lowest BCUT2D eigenvalue weighted by Crippen LogP contribution is -2.33. The second-order valence-electron chi connectivity index (χ2n) is 4.89. The minimum Gasteiger partial charge on any atom is -0.290 e. The Balaban J connectivity index is 1.61. The van der Waals surface area contributed by atoms with Crippen molar-refractivity contribution in [1.29, 1.82) is 0 Å². The number of fused-ring (bicyclic) bond motifs is 1. The zero-order valence-electron chi connectivity index (χ0n) is 9.64. The molecule has 1 nitrogen and oxygen atoms in total. The lowest BCUT2D eigenvalue weighted by molar-refractivity contribution is 0.224. The Kier molecular flexibility index (Phi) is 3.20. The van der Waals surface area contributed by atoms with Crippen LogP contribution >= 0.6 is 11.8 Å². The summed E-state index contributed by atoms with van der Waals surface area (Å²) in [6.07, 6.45) is 5.51. The van der Waals surface area contributed by atoms with Crippen LogP contribution in [0.15, 0.2) is 30.3 Å². The van der Waals surface area contributed by atoms with Crippen LogP contribution in [0.4, 0.5) is 0 Å². The second kappa shape index (κ2) is 4.80. The van der Waals surface area contributed by atoms with Crippen LogP contribution in [0.2, 0.25) is 0 Å². The first kappa shape index (κ1) is 10.7. The number of hydrogen-bond donors (Lipinski definition) is 0. The topological polar surface area (TPSA) is 3.24 Å². The van der Waals surface area contributed by atoms with E-state index in [0.29, 0.717) is 0 Å². The molecule has 2 heterocycles. The molecule has 0 aliphatic carbocycles. The van der Waals surface area contributed by atoms with Gasteiger partial charge >= 0.3 is 0 Å². The number of nitrogens with zero attached hydrogens (tertiary/aromatic N) is 1. The van der Waals surface area contributed by atoms with Crippen molar-refractivity contribution < 1.29 is 0 Å². The van der Waals surface area contributed by atoms with Gasteiger partial charge in [-0.3, -0.25) is 4.90 Å². The van der Waals surface area contributed by atoms with Gasteiger partial charge in [0, 0.05) is 11.8 Å². The van der Waals surface area contributed by atoms with Gasteiger partial charge in [-0.1, -0.05) is 30.3 Å². The summed E-state index contributed by atoms with van der Waals surface area (Å²) in [5.41, 5.74) is 1.50. The Labute approximate surface area is 102 Å². The Bertz CT molecular complexity index is 324. The van der Waals surface area contributed by atoms with E-state index in [9.17, 15) is 0 Å².